The molecule has 4 atom stereocenters. The van der Waals surface area contributed by atoms with E-state index in [1.807, 2.05) is 6.26 Å². The summed E-state index contributed by atoms with van der Waals surface area (Å²) in [7, 11) is 0. The summed E-state index contributed by atoms with van der Waals surface area (Å²) in [6.45, 7) is 5.03. The van der Waals surface area contributed by atoms with E-state index >= 15 is 0 Å². The zero-order chi connectivity index (χ0) is 16.5. The molecule has 3 rings (SSSR count). The molecule has 2 N–H and O–H groups in total. The Balaban J connectivity index is 1.90. The second-order valence-electron chi connectivity index (χ2n) is 7.91. The lowest BCUT2D eigenvalue weighted by atomic mass is 9.46. The first-order valence-electron chi connectivity index (χ1n) is 8.99. The van der Waals surface area contributed by atoms with Crippen molar-refractivity contribution in [3.8, 4) is 0 Å². The quantitative estimate of drug-likeness (QED) is 0.808. The smallest absolute Gasteiger partial charge is 0.0934 e. The van der Waals surface area contributed by atoms with Gasteiger partial charge >= 0.3 is 0 Å². The number of rotatable bonds is 5. The van der Waals surface area contributed by atoms with Crippen molar-refractivity contribution < 1.29 is 14.6 Å². The first kappa shape index (κ1) is 16.8. The van der Waals surface area contributed by atoms with Gasteiger partial charge in [-0.3, -0.25) is 0 Å². The Morgan fingerprint density at radius 3 is 2.78 bits per heavy atom. The second-order valence-corrected chi connectivity index (χ2v) is 7.91. The van der Waals surface area contributed by atoms with Crippen LogP contribution in [0.3, 0.4) is 0 Å². The molecule has 2 aliphatic rings. The minimum absolute atomic E-state index is 0.0866. The monoisotopic (exact) mass is 318 g/mol. The first-order valence-corrected chi connectivity index (χ1v) is 8.99. The summed E-state index contributed by atoms with van der Waals surface area (Å²) in [5.41, 5.74) is 2.32. The van der Waals surface area contributed by atoms with E-state index in [4.69, 9.17) is 4.42 Å². The van der Waals surface area contributed by atoms with Gasteiger partial charge in [-0.25, -0.2) is 0 Å². The van der Waals surface area contributed by atoms with Crippen LogP contribution in [0.5, 0.6) is 0 Å². The molecule has 0 amide bonds. The minimum Gasteiger partial charge on any atom is -0.472 e. The van der Waals surface area contributed by atoms with Crippen LogP contribution in [0.1, 0.15) is 51.5 Å². The summed E-state index contributed by atoms with van der Waals surface area (Å²) < 4.78 is 5.21. The molecule has 1 fully saturated rings. The van der Waals surface area contributed by atoms with Crippen LogP contribution in [0.2, 0.25) is 0 Å². The second kappa shape index (κ2) is 6.45. The van der Waals surface area contributed by atoms with Crippen LogP contribution in [0.15, 0.2) is 34.7 Å². The lowest BCUT2D eigenvalue weighted by molar-refractivity contribution is -0.0826. The van der Waals surface area contributed by atoms with Gasteiger partial charge in [-0.15, -0.1) is 0 Å². The predicted molar refractivity (Wildman–Crippen MR) is 90.9 cm³/mol. The van der Waals surface area contributed by atoms with Crippen LogP contribution in [-0.2, 0) is 6.42 Å². The van der Waals surface area contributed by atoms with Gasteiger partial charge in [-0.2, -0.15) is 0 Å². The van der Waals surface area contributed by atoms with Crippen LogP contribution in [0.25, 0.3) is 0 Å². The molecule has 0 aliphatic heterocycles. The summed E-state index contributed by atoms with van der Waals surface area (Å²) in [4.78, 5) is 0. The third kappa shape index (κ3) is 2.68. The summed E-state index contributed by atoms with van der Waals surface area (Å²) in [5.74, 6) is 1.08. The number of aryl methyl sites for hydroxylation is 1. The topological polar surface area (TPSA) is 53.6 Å². The van der Waals surface area contributed by atoms with Crippen molar-refractivity contribution >= 4 is 0 Å². The average Bonchev–Trinajstić information content (AvgIpc) is 3.09. The Hall–Kier alpha value is -1.06. The lowest BCUT2D eigenvalue weighted by Gasteiger charge is -2.58. The van der Waals surface area contributed by atoms with Crippen LogP contribution >= 0.6 is 0 Å². The van der Waals surface area contributed by atoms with E-state index in [0.717, 1.165) is 44.1 Å². The maximum atomic E-state index is 10.3. The molecule has 1 aromatic rings. The van der Waals surface area contributed by atoms with Gasteiger partial charge in [-0.1, -0.05) is 19.9 Å². The number of hydrogen-bond acceptors (Lipinski definition) is 3. The molecule has 2 aliphatic carbocycles. The Bertz CT molecular complexity index is 547. The first-order chi connectivity index (χ1) is 11.1. The van der Waals surface area contributed by atoms with Crippen molar-refractivity contribution in [1.82, 2.24) is 0 Å². The summed E-state index contributed by atoms with van der Waals surface area (Å²) >= 11 is 0. The third-order valence-electron chi connectivity index (χ3n) is 7.08. The van der Waals surface area contributed by atoms with Gasteiger partial charge < -0.3 is 14.6 Å². The van der Waals surface area contributed by atoms with Crippen molar-refractivity contribution in [3.05, 3.63) is 35.8 Å². The molecular weight excluding hydrogens is 288 g/mol. The number of hydrogen-bond donors (Lipinski definition) is 2. The molecule has 3 nitrogen and oxygen atoms in total. The van der Waals surface area contributed by atoms with E-state index in [0.29, 0.717) is 11.8 Å². The van der Waals surface area contributed by atoms with Crippen molar-refractivity contribution in [2.75, 3.05) is 13.2 Å². The molecule has 1 saturated carbocycles. The highest BCUT2D eigenvalue weighted by Gasteiger charge is 2.55. The highest BCUT2D eigenvalue weighted by molar-refractivity contribution is 5.24. The maximum Gasteiger partial charge on any atom is 0.0934 e. The van der Waals surface area contributed by atoms with Crippen LogP contribution in [0.4, 0.5) is 0 Å². The van der Waals surface area contributed by atoms with E-state index in [-0.39, 0.29) is 24.0 Å². The molecule has 0 aromatic carbocycles. The van der Waals surface area contributed by atoms with Crippen LogP contribution < -0.4 is 0 Å². The number of furan rings is 1. The van der Waals surface area contributed by atoms with Crippen LogP contribution in [0, 0.1) is 22.7 Å². The Labute approximate surface area is 139 Å². The van der Waals surface area contributed by atoms with E-state index in [1.165, 1.54) is 5.56 Å². The molecule has 1 heterocycles. The van der Waals surface area contributed by atoms with Crippen molar-refractivity contribution in [2.45, 2.75) is 52.4 Å². The van der Waals surface area contributed by atoms with Gasteiger partial charge in [0, 0.05) is 5.41 Å². The van der Waals surface area contributed by atoms with Crippen molar-refractivity contribution in [3.63, 3.8) is 0 Å². The Morgan fingerprint density at radius 1 is 1.30 bits per heavy atom. The molecule has 128 valence electrons. The fourth-order valence-electron chi connectivity index (χ4n) is 5.35. The molecule has 0 bridgehead atoms. The fourth-order valence-corrected chi connectivity index (χ4v) is 5.35. The molecule has 0 saturated heterocycles. The van der Waals surface area contributed by atoms with Gasteiger partial charge in [0.05, 0.1) is 25.7 Å². The predicted octanol–water partition coefficient (Wildman–Crippen LogP) is 3.96. The lowest BCUT2D eigenvalue weighted by Crippen LogP contribution is -2.53. The van der Waals surface area contributed by atoms with Crippen LogP contribution in [-0.4, -0.2) is 23.4 Å². The summed E-state index contributed by atoms with van der Waals surface area (Å²) in [5, 5.41) is 20.1. The SMILES string of the molecule is C[C@@H]1CC[C@@]2(CO)C(CO)=CCC[C@H]2[C@]1(C)CCc1ccoc1. The highest BCUT2D eigenvalue weighted by atomic mass is 16.3. The van der Waals surface area contributed by atoms with E-state index < -0.39 is 0 Å². The molecule has 23 heavy (non-hydrogen) atoms. The van der Waals surface area contributed by atoms with Gasteiger partial charge in [0.25, 0.3) is 0 Å². The van der Waals surface area contributed by atoms with E-state index in [1.54, 1.807) is 6.26 Å². The number of aliphatic hydroxyl groups is 2. The van der Waals surface area contributed by atoms with Gasteiger partial charge in [0.1, 0.15) is 0 Å². The number of allylic oxidation sites excluding steroid dienone is 1. The van der Waals surface area contributed by atoms with Gasteiger partial charge in [0.2, 0.25) is 0 Å². The highest BCUT2D eigenvalue weighted by Crippen LogP contribution is 2.61. The summed E-state index contributed by atoms with van der Waals surface area (Å²) in [6, 6.07) is 2.05. The molecular formula is C20H30O3. The number of fused-ring (bicyclic) bond motifs is 1. The average molecular weight is 318 g/mol. The Kier molecular flexibility index (Phi) is 4.70. The standard InChI is InChI=1S/C20H30O3/c1-15-6-10-20(14-22)17(12-21)4-3-5-18(20)19(15,2)9-7-16-8-11-23-13-16/h4,8,11,13,15,18,21-22H,3,5-7,9-10,12,14H2,1-2H3/t15-,18+,19-,20-/m1/s1. The minimum atomic E-state index is -0.204. The maximum absolute atomic E-state index is 10.3. The molecule has 3 heteroatoms. The van der Waals surface area contributed by atoms with Gasteiger partial charge in [0.15, 0.2) is 0 Å². The van der Waals surface area contributed by atoms with Gasteiger partial charge in [-0.05, 0) is 73.0 Å². The molecule has 1 aromatic heterocycles. The Morgan fingerprint density at radius 2 is 2.13 bits per heavy atom. The van der Waals surface area contributed by atoms with E-state index in [2.05, 4.69) is 26.0 Å². The molecule has 0 unspecified atom stereocenters. The van der Waals surface area contributed by atoms with E-state index in [9.17, 15) is 10.2 Å². The third-order valence-corrected chi connectivity index (χ3v) is 7.08. The van der Waals surface area contributed by atoms with Crippen molar-refractivity contribution in [2.24, 2.45) is 22.7 Å². The summed E-state index contributed by atoms with van der Waals surface area (Å²) in [6.07, 6.45) is 12.2. The zero-order valence-electron chi connectivity index (χ0n) is 14.4. The normalized spacial score (nSPS) is 37.3. The van der Waals surface area contributed by atoms with Crippen molar-refractivity contribution in [1.29, 1.82) is 0 Å². The molecule has 0 spiro atoms. The fraction of sp³-hybridized carbons (Fsp3) is 0.700. The molecule has 0 radical (unpaired) electrons. The zero-order valence-corrected chi connectivity index (χ0v) is 14.4. The largest absolute Gasteiger partial charge is 0.472 e. The number of aliphatic hydroxyl groups excluding tert-OH is 2.